The van der Waals surface area contributed by atoms with Gasteiger partial charge in [0, 0.05) is 10.7 Å². The third-order valence-corrected chi connectivity index (χ3v) is 5.11. The molecule has 1 aliphatic rings. The van der Waals surface area contributed by atoms with Crippen LogP contribution in [0.15, 0.2) is 78.5 Å². The van der Waals surface area contributed by atoms with Gasteiger partial charge in [-0.15, -0.1) is 0 Å². The molecule has 3 aromatic rings. The van der Waals surface area contributed by atoms with E-state index in [0.29, 0.717) is 16.3 Å². The molecule has 0 radical (unpaired) electrons. The summed E-state index contributed by atoms with van der Waals surface area (Å²) in [5, 5.41) is 3.53. The molecule has 1 heterocycles. The van der Waals surface area contributed by atoms with Crippen molar-refractivity contribution in [2.45, 2.75) is 13.5 Å². The molecule has 4 rings (SSSR count). The van der Waals surface area contributed by atoms with Gasteiger partial charge < -0.3 is 5.32 Å². The van der Waals surface area contributed by atoms with Crippen molar-refractivity contribution in [2.75, 3.05) is 5.32 Å². The van der Waals surface area contributed by atoms with E-state index in [-0.39, 0.29) is 17.8 Å². The van der Waals surface area contributed by atoms with E-state index >= 15 is 0 Å². The number of hydrogen-bond donors (Lipinski definition) is 1. The molecule has 6 heteroatoms. The Balaban J connectivity index is 1.73. The predicted octanol–water partition coefficient (Wildman–Crippen LogP) is 5.18. The third kappa shape index (κ3) is 3.98. The molecule has 4 nitrogen and oxygen atoms in total. The highest BCUT2D eigenvalue weighted by atomic mass is 35.5. The fraction of sp³-hybridized carbons (Fsp3) is 0.0833. The van der Waals surface area contributed by atoms with Gasteiger partial charge in [-0.05, 0) is 48.4 Å². The number of carbonyl (C=O) groups is 2. The van der Waals surface area contributed by atoms with E-state index in [1.54, 1.807) is 42.5 Å². The number of nitrogens with zero attached hydrogens (tertiary/aromatic N) is 1. The molecule has 0 saturated heterocycles. The molecule has 0 bridgehead atoms. The summed E-state index contributed by atoms with van der Waals surface area (Å²) >= 11 is 5.93. The average Bonchev–Trinajstić information content (AvgIpc) is 2.95. The lowest BCUT2D eigenvalue weighted by atomic mass is 10.0. The molecule has 2 amide bonds. The molecule has 0 atom stereocenters. The molecule has 0 spiro atoms. The van der Waals surface area contributed by atoms with E-state index in [1.165, 1.54) is 23.1 Å². The van der Waals surface area contributed by atoms with Crippen molar-refractivity contribution < 1.29 is 14.0 Å². The second-order valence-electron chi connectivity index (χ2n) is 7.07. The van der Waals surface area contributed by atoms with Crippen LogP contribution in [0.1, 0.15) is 16.7 Å². The Bertz CT molecular complexity index is 1150. The van der Waals surface area contributed by atoms with Crippen LogP contribution in [0.3, 0.4) is 0 Å². The molecular weight excluding hydrogens is 403 g/mol. The van der Waals surface area contributed by atoms with Crippen LogP contribution < -0.4 is 5.32 Å². The minimum absolute atomic E-state index is 0.110. The third-order valence-electron chi connectivity index (χ3n) is 4.86. The van der Waals surface area contributed by atoms with Crippen molar-refractivity contribution in [1.29, 1.82) is 0 Å². The zero-order chi connectivity index (χ0) is 21.3. The number of hydrogen-bond acceptors (Lipinski definition) is 3. The van der Waals surface area contributed by atoms with Gasteiger partial charge >= 0.3 is 0 Å². The molecular formula is C24H18ClFN2O2. The van der Waals surface area contributed by atoms with Crippen LogP contribution in [-0.2, 0) is 16.1 Å². The van der Waals surface area contributed by atoms with Crippen LogP contribution in [0.25, 0.3) is 5.57 Å². The highest BCUT2D eigenvalue weighted by molar-refractivity contribution is 6.36. The lowest BCUT2D eigenvalue weighted by Crippen LogP contribution is -2.32. The van der Waals surface area contributed by atoms with Crippen LogP contribution in [0, 0.1) is 12.7 Å². The molecule has 0 fully saturated rings. The van der Waals surface area contributed by atoms with Crippen molar-refractivity contribution in [3.05, 3.63) is 106 Å². The van der Waals surface area contributed by atoms with Gasteiger partial charge in [0.05, 0.1) is 12.1 Å². The zero-order valence-corrected chi connectivity index (χ0v) is 16.9. The fourth-order valence-electron chi connectivity index (χ4n) is 3.31. The maximum Gasteiger partial charge on any atom is 0.278 e. The molecule has 0 aliphatic carbocycles. The van der Waals surface area contributed by atoms with E-state index in [4.69, 9.17) is 11.6 Å². The van der Waals surface area contributed by atoms with Crippen LogP contribution in [0.2, 0.25) is 5.02 Å². The summed E-state index contributed by atoms with van der Waals surface area (Å²) in [7, 11) is 0. The summed E-state index contributed by atoms with van der Waals surface area (Å²) in [4.78, 5) is 27.6. The average molecular weight is 421 g/mol. The Kier molecular flexibility index (Phi) is 5.38. The smallest absolute Gasteiger partial charge is 0.278 e. The highest BCUT2D eigenvalue weighted by Crippen LogP contribution is 2.32. The first kappa shape index (κ1) is 19.9. The minimum atomic E-state index is -0.463. The van der Waals surface area contributed by atoms with E-state index in [2.05, 4.69) is 5.32 Å². The molecule has 1 aliphatic heterocycles. The van der Waals surface area contributed by atoms with E-state index in [1.807, 2.05) is 19.1 Å². The maximum atomic E-state index is 13.6. The van der Waals surface area contributed by atoms with Crippen LogP contribution in [-0.4, -0.2) is 16.7 Å². The molecule has 30 heavy (non-hydrogen) atoms. The van der Waals surface area contributed by atoms with Gasteiger partial charge in [-0.2, -0.15) is 0 Å². The lowest BCUT2D eigenvalue weighted by molar-refractivity contribution is -0.137. The van der Waals surface area contributed by atoms with Crippen molar-refractivity contribution in [3.8, 4) is 0 Å². The van der Waals surface area contributed by atoms with E-state index in [9.17, 15) is 14.0 Å². The number of aryl methyl sites for hydroxylation is 1. The highest BCUT2D eigenvalue weighted by Gasteiger charge is 2.39. The normalized spacial score (nSPS) is 13.9. The van der Waals surface area contributed by atoms with E-state index < -0.39 is 17.6 Å². The lowest BCUT2D eigenvalue weighted by Gasteiger charge is -2.15. The molecule has 150 valence electrons. The summed E-state index contributed by atoms with van der Waals surface area (Å²) < 4.78 is 13.6. The van der Waals surface area contributed by atoms with Gasteiger partial charge in [0.1, 0.15) is 11.5 Å². The molecule has 3 aromatic carbocycles. The first-order chi connectivity index (χ1) is 14.4. The monoisotopic (exact) mass is 420 g/mol. The van der Waals surface area contributed by atoms with Gasteiger partial charge in [0.25, 0.3) is 11.8 Å². The summed E-state index contributed by atoms with van der Waals surface area (Å²) in [6, 6.07) is 20.1. The Labute approximate surface area is 178 Å². The number of rotatable bonds is 5. The number of halogens is 2. The summed E-state index contributed by atoms with van der Waals surface area (Å²) in [5.74, 6) is -1.31. The second kappa shape index (κ2) is 8.13. The topological polar surface area (TPSA) is 49.4 Å². The quantitative estimate of drug-likeness (QED) is 0.578. The van der Waals surface area contributed by atoms with Crippen molar-refractivity contribution in [3.63, 3.8) is 0 Å². The first-order valence-corrected chi connectivity index (χ1v) is 9.75. The molecule has 0 saturated carbocycles. The van der Waals surface area contributed by atoms with Crippen LogP contribution in [0.5, 0.6) is 0 Å². The number of nitrogens with one attached hydrogen (secondary N) is 1. The van der Waals surface area contributed by atoms with Gasteiger partial charge in [-0.1, -0.05) is 59.6 Å². The van der Waals surface area contributed by atoms with Gasteiger partial charge in [-0.25, -0.2) is 4.39 Å². The number of carbonyl (C=O) groups excluding carboxylic acids is 2. The maximum absolute atomic E-state index is 13.6. The molecule has 0 aromatic heterocycles. The summed E-state index contributed by atoms with van der Waals surface area (Å²) in [6.45, 7) is 2.05. The zero-order valence-electron chi connectivity index (χ0n) is 16.2. The molecule has 0 unspecified atom stereocenters. The molecule has 1 N–H and O–H groups in total. The number of imide groups is 1. The van der Waals surface area contributed by atoms with Gasteiger partial charge in [0.2, 0.25) is 0 Å². The summed E-state index contributed by atoms with van der Waals surface area (Å²) in [5.41, 5.74) is 3.22. The van der Waals surface area contributed by atoms with Crippen molar-refractivity contribution >= 4 is 34.7 Å². The fourth-order valence-corrected chi connectivity index (χ4v) is 3.43. The minimum Gasteiger partial charge on any atom is -0.350 e. The van der Waals surface area contributed by atoms with Gasteiger partial charge in [0.15, 0.2) is 0 Å². The van der Waals surface area contributed by atoms with Crippen molar-refractivity contribution in [1.82, 2.24) is 4.90 Å². The van der Waals surface area contributed by atoms with Crippen LogP contribution >= 0.6 is 11.6 Å². The van der Waals surface area contributed by atoms with Gasteiger partial charge in [-0.3, -0.25) is 14.5 Å². The number of anilines is 1. The van der Waals surface area contributed by atoms with Crippen LogP contribution in [0.4, 0.5) is 10.1 Å². The summed E-state index contributed by atoms with van der Waals surface area (Å²) in [6.07, 6.45) is 0. The standard InChI is InChI=1S/C24H18ClFN2O2/c1-15-5-9-17(10-6-15)21-22(27-20-4-2-3-19(26)13-20)24(30)28(23(21)29)14-16-7-11-18(25)12-8-16/h2-13,27H,14H2,1H3. The Hall–Kier alpha value is -3.44. The number of amides is 2. The SMILES string of the molecule is Cc1ccc(C2=C(Nc3cccc(F)c3)C(=O)N(Cc3ccc(Cl)cc3)C2=O)cc1. The Morgan fingerprint density at radius 3 is 2.30 bits per heavy atom. The van der Waals surface area contributed by atoms with E-state index in [0.717, 1.165) is 11.1 Å². The largest absolute Gasteiger partial charge is 0.350 e. The Morgan fingerprint density at radius 1 is 0.933 bits per heavy atom. The Morgan fingerprint density at radius 2 is 1.63 bits per heavy atom. The first-order valence-electron chi connectivity index (χ1n) is 9.37. The predicted molar refractivity (Wildman–Crippen MR) is 115 cm³/mol. The second-order valence-corrected chi connectivity index (χ2v) is 7.51. The number of benzene rings is 3. The van der Waals surface area contributed by atoms with Crippen molar-refractivity contribution in [2.24, 2.45) is 0 Å².